The van der Waals surface area contributed by atoms with Crippen LogP contribution < -0.4 is 14.2 Å². The number of phenolic OH excluding ortho intramolecular Hbond substituents is 1. The maximum atomic E-state index is 12.3. The zero-order valence-corrected chi connectivity index (χ0v) is 27.2. The summed E-state index contributed by atoms with van der Waals surface area (Å²) in [5.41, 5.74) is 0.606. The number of benzene rings is 2. The highest BCUT2D eigenvalue weighted by Crippen LogP contribution is 2.34. The predicted molar refractivity (Wildman–Crippen MR) is 170 cm³/mol. The van der Waals surface area contributed by atoms with Crippen LogP contribution >= 0.6 is 0 Å². The van der Waals surface area contributed by atoms with Gasteiger partial charge in [-0.1, -0.05) is 18.7 Å². The highest BCUT2D eigenvalue weighted by molar-refractivity contribution is 6.38. The fourth-order valence-electron chi connectivity index (χ4n) is 4.76. The van der Waals surface area contributed by atoms with Crippen molar-refractivity contribution in [2.24, 2.45) is 5.41 Å². The van der Waals surface area contributed by atoms with Crippen LogP contribution in [-0.2, 0) is 41.6 Å². The van der Waals surface area contributed by atoms with Gasteiger partial charge in [-0.15, -0.1) is 0 Å². The van der Waals surface area contributed by atoms with Crippen molar-refractivity contribution in [1.29, 1.82) is 0 Å². The maximum absolute atomic E-state index is 12.3. The Morgan fingerprint density at radius 3 is 2.30 bits per heavy atom. The number of aryl methyl sites for hydroxylation is 2. The molecule has 256 valence electrons. The van der Waals surface area contributed by atoms with E-state index in [0.29, 0.717) is 42.9 Å². The van der Waals surface area contributed by atoms with E-state index in [2.05, 4.69) is 6.58 Å². The third kappa shape index (κ3) is 11.7. The Morgan fingerprint density at radius 2 is 1.68 bits per heavy atom. The number of piperidine rings is 1. The predicted octanol–water partition coefficient (Wildman–Crippen LogP) is 3.82. The number of methoxy groups -OCH3 is 2. The number of phenols is 1. The number of nitrogens with zero attached hydrogens (tertiary/aromatic N) is 1. The van der Waals surface area contributed by atoms with Gasteiger partial charge in [0, 0.05) is 18.7 Å². The van der Waals surface area contributed by atoms with Gasteiger partial charge in [-0.3, -0.25) is 9.59 Å². The van der Waals surface area contributed by atoms with Crippen LogP contribution in [0.3, 0.4) is 0 Å². The number of likely N-dealkylation sites (tertiary alicyclic amines) is 1. The van der Waals surface area contributed by atoms with E-state index in [4.69, 9.17) is 29.2 Å². The lowest BCUT2D eigenvalue weighted by atomic mass is 9.87. The third-order valence-electron chi connectivity index (χ3n) is 7.36. The Labute approximate surface area is 273 Å². The van der Waals surface area contributed by atoms with Crippen LogP contribution in [0.25, 0.3) is 0 Å². The molecule has 1 aliphatic rings. The van der Waals surface area contributed by atoms with E-state index in [9.17, 15) is 29.1 Å². The van der Waals surface area contributed by atoms with Gasteiger partial charge >= 0.3 is 17.9 Å². The molecule has 2 aromatic rings. The summed E-state index contributed by atoms with van der Waals surface area (Å²) in [6.45, 7) is 5.81. The molecular weight excluding hydrogens is 614 g/mol. The molecule has 0 radical (unpaired) electrons. The lowest BCUT2D eigenvalue weighted by molar-refractivity contribution is -0.159. The van der Waals surface area contributed by atoms with Gasteiger partial charge in [-0.2, -0.15) is 0 Å². The van der Waals surface area contributed by atoms with Gasteiger partial charge in [0.1, 0.15) is 24.1 Å². The molecule has 0 saturated carbocycles. The molecule has 1 amide bonds. The molecule has 13 heteroatoms. The molecule has 0 aromatic heterocycles. The molecule has 3 N–H and O–H groups in total. The first kappa shape index (κ1) is 38.1. The van der Waals surface area contributed by atoms with Gasteiger partial charge in [-0.25, -0.2) is 14.4 Å². The van der Waals surface area contributed by atoms with Gasteiger partial charge in [0.15, 0.2) is 18.1 Å². The van der Waals surface area contributed by atoms with Crippen molar-refractivity contribution in [3.05, 3.63) is 60.2 Å². The summed E-state index contributed by atoms with van der Waals surface area (Å²) < 4.78 is 20.4. The second-order valence-corrected chi connectivity index (χ2v) is 11.4. The average Bonchev–Trinajstić information content (AvgIpc) is 3.06. The maximum Gasteiger partial charge on any atom is 0.341 e. The Kier molecular flexibility index (Phi) is 14.7. The SMILES string of the molecule is C=CC(=O)OCC(C)(C)C(=O)C(=O)N1CCCCC1C(=O)O.COc1cc(O)c(CCCc2cccc(OCC(=O)O)c2)cc1OC. The van der Waals surface area contributed by atoms with Crippen LogP contribution in [-0.4, -0.2) is 89.8 Å². The van der Waals surface area contributed by atoms with Gasteiger partial charge in [0.2, 0.25) is 5.78 Å². The Hall–Kier alpha value is -5.07. The number of esters is 1. The van der Waals surface area contributed by atoms with Gasteiger partial charge in [-0.05, 0) is 81.7 Å². The largest absolute Gasteiger partial charge is 0.508 e. The number of Topliss-reactive ketones (excluding diaryl/α,β-unsaturated/α-hetero) is 1. The molecular formula is C34H43NO12. The minimum atomic E-state index is -1.23. The molecule has 13 nitrogen and oxygen atoms in total. The second kappa shape index (κ2) is 18.2. The first-order valence-corrected chi connectivity index (χ1v) is 15.0. The zero-order chi connectivity index (χ0) is 35.1. The minimum Gasteiger partial charge on any atom is -0.508 e. The number of aliphatic carboxylic acids is 2. The molecule has 1 heterocycles. The summed E-state index contributed by atoms with van der Waals surface area (Å²) in [5, 5.41) is 27.9. The standard InChI is InChI=1S/C19H22O6.C15H21NO6/c1-23-17-10-14(16(20)11-18(17)24-2)7-3-5-13-6-4-8-15(9-13)25-12-19(21)22;1-4-11(17)22-9-15(2,3)12(18)13(19)16-8-6-5-7-10(16)14(20)21/h4,6,8-11,20H,3,5,7,12H2,1-2H3,(H,21,22);4,10H,1,5-9H2,2-3H3,(H,20,21). The quantitative estimate of drug-likeness (QED) is 0.143. The van der Waals surface area contributed by atoms with E-state index in [-0.39, 0.29) is 25.5 Å². The molecule has 0 bridgehead atoms. The van der Waals surface area contributed by atoms with Crippen LogP contribution in [0.15, 0.2) is 49.1 Å². The fourth-order valence-corrected chi connectivity index (χ4v) is 4.76. The summed E-state index contributed by atoms with van der Waals surface area (Å²) >= 11 is 0. The van der Waals surface area contributed by atoms with E-state index in [0.717, 1.165) is 34.9 Å². The summed E-state index contributed by atoms with van der Waals surface area (Å²) in [6, 6.07) is 9.71. The second-order valence-electron chi connectivity index (χ2n) is 11.4. The van der Waals surface area contributed by atoms with Crippen LogP contribution in [0, 0.1) is 5.41 Å². The first-order chi connectivity index (χ1) is 22.2. The molecule has 1 atom stereocenters. The van der Waals surface area contributed by atoms with Crippen molar-refractivity contribution < 1.29 is 58.2 Å². The Bertz CT molecular complexity index is 1430. The monoisotopic (exact) mass is 657 g/mol. The number of amides is 1. The summed E-state index contributed by atoms with van der Waals surface area (Å²) in [7, 11) is 3.08. The number of rotatable bonds is 15. The van der Waals surface area contributed by atoms with Crippen molar-refractivity contribution in [2.75, 3.05) is 34.0 Å². The molecule has 0 spiro atoms. The Balaban J connectivity index is 0.000000330. The molecule has 2 aromatic carbocycles. The van der Waals surface area contributed by atoms with Crippen molar-refractivity contribution >= 4 is 29.6 Å². The smallest absolute Gasteiger partial charge is 0.341 e. The summed E-state index contributed by atoms with van der Waals surface area (Å²) in [5.74, 6) is -2.62. The fraction of sp³-hybridized carbons (Fsp3) is 0.441. The number of carbonyl (C=O) groups is 5. The van der Waals surface area contributed by atoms with E-state index >= 15 is 0 Å². The van der Waals surface area contributed by atoms with Crippen LogP contribution in [0.2, 0.25) is 0 Å². The molecule has 3 rings (SSSR count). The number of hydrogen-bond donors (Lipinski definition) is 3. The number of hydrogen-bond acceptors (Lipinski definition) is 10. The lowest BCUT2D eigenvalue weighted by Crippen LogP contribution is -2.53. The zero-order valence-electron chi connectivity index (χ0n) is 27.2. The Morgan fingerprint density at radius 1 is 1.00 bits per heavy atom. The van der Waals surface area contributed by atoms with E-state index in [1.807, 2.05) is 18.2 Å². The summed E-state index contributed by atoms with van der Waals surface area (Å²) in [6.07, 6.45) is 4.92. The van der Waals surface area contributed by atoms with Crippen molar-refractivity contribution in [2.45, 2.75) is 58.4 Å². The molecule has 1 unspecified atom stereocenters. The number of ketones is 1. The molecule has 1 aliphatic heterocycles. The normalized spacial score (nSPS) is 14.1. The number of carboxylic acids is 2. The third-order valence-corrected chi connectivity index (χ3v) is 7.36. The first-order valence-electron chi connectivity index (χ1n) is 15.0. The van der Waals surface area contributed by atoms with Crippen molar-refractivity contribution in [1.82, 2.24) is 4.90 Å². The number of carbonyl (C=O) groups excluding carboxylic acids is 3. The number of aromatic hydroxyl groups is 1. The summed E-state index contributed by atoms with van der Waals surface area (Å²) in [4.78, 5) is 58.6. The molecule has 1 saturated heterocycles. The van der Waals surface area contributed by atoms with Crippen LogP contribution in [0.5, 0.6) is 23.0 Å². The average molecular weight is 658 g/mol. The molecule has 47 heavy (non-hydrogen) atoms. The van der Waals surface area contributed by atoms with Crippen LogP contribution in [0.1, 0.15) is 50.7 Å². The lowest BCUT2D eigenvalue weighted by Gasteiger charge is -2.34. The topological polar surface area (TPSA) is 186 Å². The van der Waals surface area contributed by atoms with E-state index in [1.54, 1.807) is 25.3 Å². The van der Waals surface area contributed by atoms with E-state index < -0.39 is 41.1 Å². The minimum absolute atomic E-state index is 0.177. The number of carboxylic acid groups (broad SMARTS) is 2. The highest BCUT2D eigenvalue weighted by atomic mass is 16.5. The highest BCUT2D eigenvalue weighted by Gasteiger charge is 2.41. The van der Waals surface area contributed by atoms with Gasteiger partial charge in [0.25, 0.3) is 5.91 Å². The van der Waals surface area contributed by atoms with Crippen molar-refractivity contribution in [3.8, 4) is 23.0 Å². The number of ether oxygens (including phenoxy) is 4. The molecule has 0 aliphatic carbocycles. The van der Waals surface area contributed by atoms with Crippen LogP contribution in [0.4, 0.5) is 0 Å². The molecule has 1 fully saturated rings. The van der Waals surface area contributed by atoms with Gasteiger partial charge < -0.3 is 39.2 Å². The van der Waals surface area contributed by atoms with Gasteiger partial charge in [0.05, 0.1) is 19.6 Å². The van der Waals surface area contributed by atoms with Crippen molar-refractivity contribution in [3.63, 3.8) is 0 Å². The van der Waals surface area contributed by atoms with E-state index in [1.165, 1.54) is 21.0 Å².